The van der Waals surface area contributed by atoms with Gasteiger partial charge in [-0.05, 0) is 50.2 Å². The highest BCUT2D eigenvalue weighted by Gasteiger charge is 2.34. The van der Waals surface area contributed by atoms with E-state index in [1.807, 2.05) is 6.07 Å². The Morgan fingerprint density at radius 1 is 1.35 bits per heavy atom. The number of piperidine rings is 1. The average molecular weight is 236 g/mol. The van der Waals surface area contributed by atoms with Crippen LogP contribution in [0.2, 0.25) is 0 Å². The van der Waals surface area contributed by atoms with E-state index in [4.69, 9.17) is 5.73 Å². The van der Waals surface area contributed by atoms with Crippen molar-refractivity contribution in [2.45, 2.75) is 25.2 Å². The molecule has 2 rings (SSSR count). The minimum absolute atomic E-state index is 0.0201. The summed E-state index contributed by atoms with van der Waals surface area (Å²) >= 11 is 0. The molecule has 3 heteroatoms. The lowest BCUT2D eigenvalue weighted by Crippen LogP contribution is -2.46. The Balaban J connectivity index is 2.21. The number of nitrogens with two attached hydrogens (primary N) is 1. The smallest absolute Gasteiger partial charge is 0.123 e. The zero-order chi connectivity index (χ0) is 12.3. The number of likely N-dealkylation sites (tertiary alicyclic amines) is 1. The maximum atomic E-state index is 13.3. The van der Waals surface area contributed by atoms with Crippen molar-refractivity contribution in [3.8, 4) is 0 Å². The normalized spacial score (nSPS) is 20.4. The molecule has 1 saturated heterocycles. The highest BCUT2D eigenvalue weighted by molar-refractivity contribution is 5.27. The fourth-order valence-electron chi connectivity index (χ4n) is 2.73. The molecule has 1 fully saturated rings. The van der Waals surface area contributed by atoms with Gasteiger partial charge in [0.1, 0.15) is 5.82 Å². The van der Waals surface area contributed by atoms with Gasteiger partial charge in [-0.1, -0.05) is 19.1 Å². The van der Waals surface area contributed by atoms with E-state index in [1.165, 1.54) is 6.07 Å². The van der Waals surface area contributed by atoms with E-state index in [0.717, 1.165) is 38.0 Å². The van der Waals surface area contributed by atoms with Gasteiger partial charge in [-0.25, -0.2) is 4.39 Å². The first kappa shape index (κ1) is 12.5. The van der Waals surface area contributed by atoms with E-state index in [0.29, 0.717) is 6.54 Å². The molecule has 1 aromatic rings. The van der Waals surface area contributed by atoms with Crippen molar-refractivity contribution in [1.29, 1.82) is 0 Å². The molecule has 1 heterocycles. The predicted octanol–water partition coefficient (Wildman–Crippen LogP) is 2.14. The van der Waals surface area contributed by atoms with Crippen LogP contribution >= 0.6 is 0 Å². The van der Waals surface area contributed by atoms with E-state index in [1.54, 1.807) is 12.1 Å². The second kappa shape index (κ2) is 5.15. The molecule has 0 aliphatic carbocycles. The maximum absolute atomic E-state index is 13.3. The van der Waals surface area contributed by atoms with Crippen LogP contribution in [0.3, 0.4) is 0 Å². The zero-order valence-electron chi connectivity index (χ0n) is 10.5. The molecule has 0 unspecified atom stereocenters. The van der Waals surface area contributed by atoms with Crippen molar-refractivity contribution >= 4 is 0 Å². The Labute approximate surface area is 103 Å². The molecule has 0 saturated carbocycles. The Morgan fingerprint density at radius 3 is 2.59 bits per heavy atom. The first-order valence-corrected chi connectivity index (χ1v) is 6.39. The molecular formula is C14H21FN2. The van der Waals surface area contributed by atoms with Gasteiger partial charge in [-0.15, -0.1) is 0 Å². The van der Waals surface area contributed by atoms with Crippen LogP contribution < -0.4 is 5.73 Å². The summed E-state index contributed by atoms with van der Waals surface area (Å²) in [5, 5.41) is 0. The van der Waals surface area contributed by atoms with Crippen LogP contribution in [0.25, 0.3) is 0 Å². The van der Waals surface area contributed by atoms with Gasteiger partial charge in [0.25, 0.3) is 0 Å². The van der Waals surface area contributed by atoms with E-state index in [-0.39, 0.29) is 11.2 Å². The highest BCUT2D eigenvalue weighted by Crippen LogP contribution is 2.34. The van der Waals surface area contributed by atoms with E-state index < -0.39 is 0 Å². The standard InChI is InChI=1S/C14H21FN2/c1-2-17-8-6-14(11-16,7-9-17)12-4-3-5-13(15)10-12/h3-5,10H,2,6-9,11,16H2,1H3. The number of rotatable bonds is 3. The van der Waals surface area contributed by atoms with Crippen molar-refractivity contribution in [3.63, 3.8) is 0 Å². The zero-order valence-corrected chi connectivity index (χ0v) is 10.5. The van der Waals surface area contributed by atoms with Crippen molar-refractivity contribution in [2.75, 3.05) is 26.2 Å². The highest BCUT2D eigenvalue weighted by atomic mass is 19.1. The summed E-state index contributed by atoms with van der Waals surface area (Å²) in [6, 6.07) is 6.94. The maximum Gasteiger partial charge on any atom is 0.123 e. The Hall–Kier alpha value is -0.930. The van der Waals surface area contributed by atoms with Gasteiger partial charge in [0.15, 0.2) is 0 Å². The minimum atomic E-state index is -0.159. The molecule has 0 spiro atoms. The van der Waals surface area contributed by atoms with Crippen molar-refractivity contribution < 1.29 is 4.39 Å². The van der Waals surface area contributed by atoms with Crippen molar-refractivity contribution in [2.24, 2.45) is 5.73 Å². The molecule has 0 radical (unpaired) electrons. The summed E-state index contributed by atoms with van der Waals surface area (Å²) in [5.74, 6) is -0.159. The Morgan fingerprint density at radius 2 is 2.06 bits per heavy atom. The third-order valence-electron chi connectivity index (χ3n) is 4.09. The van der Waals surface area contributed by atoms with Gasteiger partial charge in [-0.2, -0.15) is 0 Å². The lowest BCUT2D eigenvalue weighted by Gasteiger charge is -2.41. The van der Waals surface area contributed by atoms with Crippen LogP contribution in [0.1, 0.15) is 25.3 Å². The number of nitrogens with zero attached hydrogens (tertiary/aromatic N) is 1. The molecule has 1 aromatic carbocycles. The number of benzene rings is 1. The van der Waals surface area contributed by atoms with Gasteiger partial charge in [-0.3, -0.25) is 0 Å². The summed E-state index contributed by atoms with van der Waals surface area (Å²) in [4.78, 5) is 2.42. The quantitative estimate of drug-likeness (QED) is 0.871. The Kier molecular flexibility index (Phi) is 3.79. The third-order valence-corrected chi connectivity index (χ3v) is 4.09. The fourth-order valence-corrected chi connectivity index (χ4v) is 2.73. The largest absolute Gasteiger partial charge is 0.330 e. The van der Waals surface area contributed by atoms with Crippen LogP contribution in [0.5, 0.6) is 0 Å². The van der Waals surface area contributed by atoms with E-state index in [9.17, 15) is 4.39 Å². The van der Waals surface area contributed by atoms with Crippen LogP contribution in [-0.4, -0.2) is 31.1 Å². The third kappa shape index (κ3) is 2.50. The van der Waals surface area contributed by atoms with E-state index >= 15 is 0 Å². The number of halogens is 1. The molecule has 94 valence electrons. The van der Waals surface area contributed by atoms with Crippen LogP contribution in [0, 0.1) is 5.82 Å². The summed E-state index contributed by atoms with van der Waals surface area (Å²) in [7, 11) is 0. The fraction of sp³-hybridized carbons (Fsp3) is 0.571. The van der Waals surface area contributed by atoms with Crippen LogP contribution in [0.4, 0.5) is 4.39 Å². The van der Waals surface area contributed by atoms with Gasteiger partial charge in [0.05, 0.1) is 0 Å². The molecule has 0 aromatic heterocycles. The van der Waals surface area contributed by atoms with Gasteiger partial charge >= 0.3 is 0 Å². The van der Waals surface area contributed by atoms with Gasteiger partial charge in [0.2, 0.25) is 0 Å². The molecule has 1 aliphatic heterocycles. The average Bonchev–Trinajstić information content (AvgIpc) is 2.39. The first-order chi connectivity index (χ1) is 8.20. The van der Waals surface area contributed by atoms with Gasteiger partial charge in [0, 0.05) is 12.0 Å². The second-order valence-electron chi connectivity index (χ2n) is 4.93. The molecule has 1 aliphatic rings. The van der Waals surface area contributed by atoms with E-state index in [2.05, 4.69) is 11.8 Å². The summed E-state index contributed by atoms with van der Waals surface area (Å²) < 4.78 is 13.3. The monoisotopic (exact) mass is 236 g/mol. The topological polar surface area (TPSA) is 29.3 Å². The van der Waals surface area contributed by atoms with Gasteiger partial charge < -0.3 is 10.6 Å². The summed E-state index contributed by atoms with van der Waals surface area (Å²) in [6.07, 6.45) is 2.06. The minimum Gasteiger partial charge on any atom is -0.330 e. The Bertz CT molecular complexity index is 370. The van der Waals surface area contributed by atoms with Crippen LogP contribution in [0.15, 0.2) is 24.3 Å². The molecule has 2 N–H and O–H groups in total. The second-order valence-corrected chi connectivity index (χ2v) is 4.93. The lowest BCUT2D eigenvalue weighted by atomic mass is 9.73. The number of hydrogen-bond acceptors (Lipinski definition) is 2. The molecule has 0 amide bonds. The summed E-state index contributed by atoms with van der Waals surface area (Å²) in [6.45, 7) is 5.99. The predicted molar refractivity (Wildman–Crippen MR) is 68.5 cm³/mol. The first-order valence-electron chi connectivity index (χ1n) is 6.39. The number of hydrogen-bond donors (Lipinski definition) is 1. The summed E-state index contributed by atoms with van der Waals surface area (Å²) in [5.41, 5.74) is 7.01. The molecular weight excluding hydrogens is 215 g/mol. The van der Waals surface area contributed by atoms with Crippen molar-refractivity contribution in [3.05, 3.63) is 35.6 Å². The molecule has 2 nitrogen and oxygen atoms in total. The molecule has 0 bridgehead atoms. The molecule has 17 heavy (non-hydrogen) atoms. The molecule has 0 atom stereocenters. The lowest BCUT2D eigenvalue weighted by molar-refractivity contribution is 0.169. The van der Waals surface area contributed by atoms with Crippen molar-refractivity contribution in [1.82, 2.24) is 4.90 Å². The van der Waals surface area contributed by atoms with Crippen LogP contribution in [-0.2, 0) is 5.41 Å². The SMILES string of the molecule is CCN1CCC(CN)(c2cccc(F)c2)CC1.